The van der Waals surface area contributed by atoms with E-state index in [1.807, 2.05) is 36.4 Å². The molecule has 0 aliphatic rings. The van der Waals surface area contributed by atoms with Crippen molar-refractivity contribution in [2.75, 3.05) is 25.6 Å². The molecule has 0 aromatic heterocycles. The molecule has 0 unspecified atom stereocenters. The van der Waals surface area contributed by atoms with Gasteiger partial charge in [0.15, 0.2) is 5.11 Å². The lowest BCUT2D eigenvalue weighted by Crippen LogP contribution is -2.34. The maximum absolute atomic E-state index is 11.7. The normalized spacial score (nSPS) is 9.89. The zero-order chi connectivity index (χ0) is 20.2. The molecule has 0 radical (unpaired) electrons. The highest BCUT2D eigenvalue weighted by atomic mass is 32.1. The van der Waals surface area contributed by atoms with Gasteiger partial charge in [0.2, 0.25) is 5.91 Å². The summed E-state index contributed by atoms with van der Waals surface area (Å²) < 4.78 is 15.7. The number of hydrogen-bond acceptors (Lipinski definition) is 6. The number of carbonyl (C=O) groups excluding carboxylic acids is 2. The fourth-order valence-electron chi connectivity index (χ4n) is 2.17. The van der Waals surface area contributed by atoms with E-state index in [4.69, 9.17) is 21.7 Å². The van der Waals surface area contributed by atoms with Crippen molar-refractivity contribution >= 4 is 34.9 Å². The second kappa shape index (κ2) is 11.6. The van der Waals surface area contributed by atoms with Gasteiger partial charge in [0.1, 0.15) is 24.7 Å². The first-order valence-electron chi connectivity index (χ1n) is 8.65. The predicted molar refractivity (Wildman–Crippen MR) is 109 cm³/mol. The molecule has 0 aliphatic carbocycles. The number of rotatable bonds is 9. The van der Waals surface area contributed by atoms with E-state index in [1.165, 1.54) is 7.11 Å². The fraction of sp³-hybridized carbons (Fsp3) is 0.250. The second-order valence-electron chi connectivity index (χ2n) is 5.62. The first-order valence-corrected chi connectivity index (χ1v) is 9.06. The van der Waals surface area contributed by atoms with Crippen molar-refractivity contribution in [3.63, 3.8) is 0 Å². The number of anilines is 1. The highest BCUT2D eigenvalue weighted by molar-refractivity contribution is 7.80. The molecular weight excluding hydrogens is 380 g/mol. The van der Waals surface area contributed by atoms with E-state index < -0.39 is 5.97 Å². The van der Waals surface area contributed by atoms with E-state index in [0.29, 0.717) is 24.7 Å². The third kappa shape index (κ3) is 8.05. The van der Waals surface area contributed by atoms with Crippen LogP contribution in [0.2, 0.25) is 0 Å². The van der Waals surface area contributed by atoms with Gasteiger partial charge in [-0.2, -0.15) is 0 Å². The van der Waals surface area contributed by atoms with Crippen molar-refractivity contribution in [3.05, 3.63) is 54.6 Å². The summed E-state index contributed by atoms with van der Waals surface area (Å²) in [5.74, 6) is 0.611. The molecule has 148 valence electrons. The molecule has 0 bridgehead atoms. The number of hydrogen-bond donors (Lipinski definition) is 2. The van der Waals surface area contributed by atoms with Crippen molar-refractivity contribution in [2.24, 2.45) is 0 Å². The minimum absolute atomic E-state index is 0.000670. The Kier molecular flexibility index (Phi) is 8.74. The van der Waals surface area contributed by atoms with Gasteiger partial charge in [-0.15, -0.1) is 0 Å². The van der Waals surface area contributed by atoms with E-state index >= 15 is 0 Å². The molecule has 2 aromatic carbocycles. The van der Waals surface area contributed by atoms with Crippen molar-refractivity contribution in [2.45, 2.75) is 12.8 Å². The lowest BCUT2D eigenvalue weighted by Gasteiger charge is -2.12. The number of para-hydroxylation sites is 1. The van der Waals surface area contributed by atoms with Crippen LogP contribution in [0.1, 0.15) is 12.8 Å². The van der Waals surface area contributed by atoms with Crippen LogP contribution in [-0.4, -0.2) is 37.3 Å². The smallest absolute Gasteiger partial charge is 0.306 e. The van der Waals surface area contributed by atoms with Gasteiger partial charge in [-0.3, -0.25) is 9.59 Å². The van der Waals surface area contributed by atoms with E-state index in [2.05, 4.69) is 15.4 Å². The van der Waals surface area contributed by atoms with Crippen LogP contribution < -0.4 is 20.1 Å². The number of thiocarbonyl (C=S) groups is 1. The molecular formula is C20H22N2O5S. The lowest BCUT2D eigenvalue weighted by atomic mass is 10.3. The molecule has 0 spiro atoms. The minimum Gasteiger partial charge on any atom is -0.490 e. The quantitative estimate of drug-likeness (QED) is 0.379. The van der Waals surface area contributed by atoms with Crippen LogP contribution in [0.4, 0.5) is 5.69 Å². The van der Waals surface area contributed by atoms with Gasteiger partial charge in [-0.25, -0.2) is 0 Å². The van der Waals surface area contributed by atoms with Gasteiger partial charge in [0.25, 0.3) is 0 Å². The Morgan fingerprint density at radius 3 is 2.32 bits per heavy atom. The molecule has 0 fully saturated rings. The predicted octanol–water partition coefficient (Wildman–Crippen LogP) is 2.91. The molecule has 0 heterocycles. The molecule has 0 atom stereocenters. The van der Waals surface area contributed by atoms with Gasteiger partial charge in [0, 0.05) is 18.2 Å². The largest absolute Gasteiger partial charge is 0.490 e. The SMILES string of the molecule is COC(=O)CCC(=O)NC(=S)Nc1cccc(OCCOc2ccccc2)c1. The number of ether oxygens (including phenoxy) is 3. The van der Waals surface area contributed by atoms with Crippen LogP contribution in [0.25, 0.3) is 0 Å². The molecule has 1 amide bonds. The first kappa shape index (κ1) is 21.2. The Morgan fingerprint density at radius 1 is 0.929 bits per heavy atom. The highest BCUT2D eigenvalue weighted by Gasteiger charge is 2.09. The molecule has 2 aromatic rings. The third-order valence-electron chi connectivity index (χ3n) is 3.49. The number of esters is 1. The van der Waals surface area contributed by atoms with Crippen LogP contribution in [0.3, 0.4) is 0 Å². The summed E-state index contributed by atoms with van der Waals surface area (Å²) >= 11 is 5.10. The Hall–Kier alpha value is -3.13. The minimum atomic E-state index is -0.449. The summed E-state index contributed by atoms with van der Waals surface area (Å²) in [4.78, 5) is 22.8. The molecule has 0 saturated carbocycles. The lowest BCUT2D eigenvalue weighted by molar-refractivity contribution is -0.142. The van der Waals surface area contributed by atoms with E-state index in [-0.39, 0.29) is 23.9 Å². The van der Waals surface area contributed by atoms with Gasteiger partial charge in [-0.05, 0) is 36.5 Å². The van der Waals surface area contributed by atoms with E-state index in [0.717, 1.165) is 5.75 Å². The molecule has 28 heavy (non-hydrogen) atoms. The zero-order valence-electron chi connectivity index (χ0n) is 15.5. The molecule has 8 heteroatoms. The van der Waals surface area contributed by atoms with Gasteiger partial charge in [0.05, 0.1) is 13.5 Å². The maximum Gasteiger partial charge on any atom is 0.306 e. The van der Waals surface area contributed by atoms with Crippen LogP contribution >= 0.6 is 12.2 Å². The topological polar surface area (TPSA) is 85.9 Å². The standard InChI is InChI=1S/C20H22N2O5S/c1-25-19(24)11-10-18(23)22-20(28)21-15-6-5-9-17(14-15)27-13-12-26-16-7-3-2-4-8-16/h2-9,14H,10-13H2,1H3,(H2,21,22,23,28). The molecule has 0 aliphatic heterocycles. The van der Waals surface area contributed by atoms with Crippen LogP contribution in [-0.2, 0) is 14.3 Å². The van der Waals surface area contributed by atoms with Gasteiger partial charge in [-0.1, -0.05) is 24.3 Å². The van der Waals surface area contributed by atoms with Crippen LogP contribution in [0.5, 0.6) is 11.5 Å². The van der Waals surface area contributed by atoms with Crippen molar-refractivity contribution < 1.29 is 23.8 Å². The zero-order valence-corrected chi connectivity index (χ0v) is 16.3. The van der Waals surface area contributed by atoms with E-state index in [1.54, 1.807) is 18.2 Å². The summed E-state index contributed by atoms with van der Waals surface area (Å²) in [5.41, 5.74) is 0.666. The summed E-state index contributed by atoms with van der Waals surface area (Å²) in [6.45, 7) is 0.795. The number of nitrogens with one attached hydrogen (secondary N) is 2. The molecule has 7 nitrogen and oxygen atoms in total. The molecule has 2 rings (SSSR count). The number of methoxy groups -OCH3 is 1. The van der Waals surface area contributed by atoms with Crippen molar-refractivity contribution in [1.82, 2.24) is 5.32 Å². The number of carbonyl (C=O) groups is 2. The maximum atomic E-state index is 11.7. The summed E-state index contributed by atoms with van der Waals surface area (Å²) in [6.07, 6.45) is -0.00160. The first-order chi connectivity index (χ1) is 13.6. The monoisotopic (exact) mass is 402 g/mol. The Morgan fingerprint density at radius 2 is 1.61 bits per heavy atom. The van der Waals surface area contributed by atoms with Crippen LogP contribution in [0, 0.1) is 0 Å². The summed E-state index contributed by atoms with van der Waals surface area (Å²) in [6, 6.07) is 16.7. The van der Waals surface area contributed by atoms with Gasteiger partial charge < -0.3 is 24.8 Å². The number of amides is 1. The highest BCUT2D eigenvalue weighted by Crippen LogP contribution is 2.17. The Bertz CT molecular complexity index is 798. The van der Waals surface area contributed by atoms with Gasteiger partial charge >= 0.3 is 5.97 Å². The second-order valence-corrected chi connectivity index (χ2v) is 6.02. The molecule has 0 saturated heterocycles. The average Bonchev–Trinajstić information content (AvgIpc) is 2.70. The van der Waals surface area contributed by atoms with E-state index in [9.17, 15) is 9.59 Å². The average molecular weight is 402 g/mol. The fourth-order valence-corrected chi connectivity index (χ4v) is 2.40. The van der Waals surface area contributed by atoms with Crippen molar-refractivity contribution in [1.29, 1.82) is 0 Å². The summed E-state index contributed by atoms with van der Waals surface area (Å²) in [7, 11) is 1.27. The van der Waals surface area contributed by atoms with Crippen molar-refractivity contribution in [3.8, 4) is 11.5 Å². The summed E-state index contributed by atoms with van der Waals surface area (Å²) in [5, 5.41) is 5.55. The third-order valence-corrected chi connectivity index (χ3v) is 3.70. The Balaban J connectivity index is 1.73. The Labute approximate surface area is 169 Å². The van der Waals surface area contributed by atoms with Crippen LogP contribution in [0.15, 0.2) is 54.6 Å². The molecule has 2 N–H and O–H groups in total. The number of benzene rings is 2.